The summed E-state index contributed by atoms with van der Waals surface area (Å²) in [5.74, 6) is 0.305. The van der Waals surface area contributed by atoms with Crippen LogP contribution in [-0.4, -0.2) is 11.7 Å². The van der Waals surface area contributed by atoms with Crippen LogP contribution in [0.25, 0.3) is 0 Å². The molecule has 1 unspecified atom stereocenters. The van der Waals surface area contributed by atoms with E-state index in [9.17, 15) is 9.59 Å². The SMILES string of the molecule is CC1=CNC(=O)C(C)(CCC(C)C)C1=O. The molecule has 1 aliphatic rings. The quantitative estimate of drug-likeness (QED) is 0.723. The minimum Gasteiger partial charge on any atom is -0.331 e. The van der Waals surface area contributed by atoms with Gasteiger partial charge in [-0.25, -0.2) is 0 Å². The summed E-state index contributed by atoms with van der Waals surface area (Å²) in [6.07, 6.45) is 3.02. The van der Waals surface area contributed by atoms with Crippen molar-refractivity contribution < 1.29 is 9.59 Å². The Labute approximate surface area is 90.9 Å². The first kappa shape index (κ1) is 12.0. The largest absolute Gasteiger partial charge is 0.331 e. The molecule has 0 spiro atoms. The summed E-state index contributed by atoms with van der Waals surface area (Å²) in [6.45, 7) is 7.67. The summed E-state index contributed by atoms with van der Waals surface area (Å²) in [6, 6.07) is 0. The van der Waals surface area contributed by atoms with E-state index in [0.717, 1.165) is 6.42 Å². The summed E-state index contributed by atoms with van der Waals surface area (Å²) in [4.78, 5) is 23.6. The molecule has 0 aromatic rings. The number of nitrogens with one attached hydrogen (secondary N) is 1. The van der Waals surface area contributed by atoms with Crippen molar-refractivity contribution in [1.29, 1.82) is 0 Å². The van der Waals surface area contributed by atoms with Gasteiger partial charge >= 0.3 is 0 Å². The molecule has 84 valence electrons. The molecular formula is C12H19NO2. The molecule has 0 saturated heterocycles. The normalized spacial score (nSPS) is 26.6. The number of carbonyl (C=O) groups is 2. The topological polar surface area (TPSA) is 46.2 Å². The Kier molecular flexibility index (Phi) is 3.32. The van der Waals surface area contributed by atoms with Gasteiger partial charge in [-0.15, -0.1) is 0 Å². The molecule has 0 bridgehead atoms. The lowest BCUT2D eigenvalue weighted by atomic mass is 9.75. The van der Waals surface area contributed by atoms with Gasteiger partial charge in [0.2, 0.25) is 5.91 Å². The fourth-order valence-corrected chi connectivity index (χ4v) is 1.74. The Bertz CT molecular complexity index is 318. The van der Waals surface area contributed by atoms with E-state index in [-0.39, 0.29) is 11.7 Å². The number of rotatable bonds is 3. The first-order chi connectivity index (χ1) is 6.88. The number of hydrogen-bond donors (Lipinski definition) is 1. The van der Waals surface area contributed by atoms with Crippen LogP contribution in [0.4, 0.5) is 0 Å². The fraction of sp³-hybridized carbons (Fsp3) is 0.667. The Balaban J connectivity index is 2.85. The van der Waals surface area contributed by atoms with Gasteiger partial charge in [-0.1, -0.05) is 13.8 Å². The third-order valence-corrected chi connectivity index (χ3v) is 3.00. The van der Waals surface area contributed by atoms with Gasteiger partial charge < -0.3 is 5.32 Å². The van der Waals surface area contributed by atoms with E-state index in [2.05, 4.69) is 19.2 Å². The second-order valence-corrected chi connectivity index (χ2v) is 4.89. The number of allylic oxidation sites excluding steroid dienone is 1. The minimum atomic E-state index is -0.858. The molecule has 0 aromatic carbocycles. The molecule has 15 heavy (non-hydrogen) atoms. The van der Waals surface area contributed by atoms with Crippen LogP contribution in [0, 0.1) is 11.3 Å². The van der Waals surface area contributed by atoms with Crippen LogP contribution < -0.4 is 5.32 Å². The van der Waals surface area contributed by atoms with Gasteiger partial charge in [-0.3, -0.25) is 9.59 Å². The molecule has 0 fully saturated rings. The second kappa shape index (κ2) is 4.17. The van der Waals surface area contributed by atoms with Gasteiger partial charge in [0, 0.05) is 11.8 Å². The standard InChI is InChI=1S/C12H19NO2/c1-8(2)5-6-12(4)10(14)9(3)7-13-11(12)15/h7-8H,5-6H2,1-4H3,(H,13,15). The molecule has 0 aromatic heterocycles. The number of amides is 1. The van der Waals surface area contributed by atoms with E-state index in [0.29, 0.717) is 17.9 Å². The van der Waals surface area contributed by atoms with Gasteiger partial charge in [-0.05, 0) is 32.6 Å². The van der Waals surface area contributed by atoms with Crippen LogP contribution >= 0.6 is 0 Å². The predicted octanol–water partition coefficient (Wildman–Crippen LogP) is 2.03. The summed E-state index contributed by atoms with van der Waals surface area (Å²) in [7, 11) is 0. The summed E-state index contributed by atoms with van der Waals surface area (Å²) in [5.41, 5.74) is -0.218. The maximum absolute atomic E-state index is 11.9. The highest BCUT2D eigenvalue weighted by atomic mass is 16.2. The first-order valence-corrected chi connectivity index (χ1v) is 5.40. The lowest BCUT2D eigenvalue weighted by molar-refractivity contribution is -0.140. The fourth-order valence-electron chi connectivity index (χ4n) is 1.74. The molecule has 1 heterocycles. The van der Waals surface area contributed by atoms with Gasteiger partial charge in [0.25, 0.3) is 0 Å². The maximum atomic E-state index is 11.9. The average molecular weight is 209 g/mol. The third-order valence-electron chi connectivity index (χ3n) is 3.00. The molecule has 1 aliphatic heterocycles. The maximum Gasteiger partial charge on any atom is 0.237 e. The van der Waals surface area contributed by atoms with Gasteiger partial charge in [0.1, 0.15) is 5.41 Å². The smallest absolute Gasteiger partial charge is 0.237 e. The van der Waals surface area contributed by atoms with E-state index < -0.39 is 5.41 Å². The number of carbonyl (C=O) groups excluding carboxylic acids is 2. The number of Topliss-reactive ketones (excluding diaryl/α,β-unsaturated/α-hetero) is 1. The van der Waals surface area contributed by atoms with Crippen molar-refractivity contribution in [3.8, 4) is 0 Å². The number of ketones is 1. The Morgan fingerprint density at radius 3 is 2.53 bits per heavy atom. The monoisotopic (exact) mass is 209 g/mol. The van der Waals surface area contributed by atoms with Gasteiger partial charge in [0.15, 0.2) is 5.78 Å². The van der Waals surface area contributed by atoms with E-state index in [1.165, 1.54) is 6.20 Å². The summed E-state index contributed by atoms with van der Waals surface area (Å²) < 4.78 is 0. The zero-order valence-corrected chi connectivity index (χ0v) is 9.89. The van der Waals surface area contributed by atoms with Crippen LogP contribution in [0.3, 0.4) is 0 Å². The summed E-state index contributed by atoms with van der Waals surface area (Å²) >= 11 is 0. The highest BCUT2D eigenvalue weighted by Gasteiger charge is 2.42. The first-order valence-electron chi connectivity index (χ1n) is 5.40. The van der Waals surface area contributed by atoms with Crippen LogP contribution in [0.5, 0.6) is 0 Å². The van der Waals surface area contributed by atoms with Crippen molar-refractivity contribution in [2.75, 3.05) is 0 Å². The number of hydrogen-bond acceptors (Lipinski definition) is 2. The lowest BCUT2D eigenvalue weighted by Crippen LogP contribution is -2.47. The molecule has 0 saturated carbocycles. The van der Waals surface area contributed by atoms with E-state index in [1.54, 1.807) is 13.8 Å². The predicted molar refractivity (Wildman–Crippen MR) is 59.1 cm³/mol. The second-order valence-electron chi connectivity index (χ2n) is 4.89. The Morgan fingerprint density at radius 2 is 2.00 bits per heavy atom. The lowest BCUT2D eigenvalue weighted by Gasteiger charge is -2.30. The average Bonchev–Trinajstić information content (AvgIpc) is 2.18. The van der Waals surface area contributed by atoms with Crippen molar-refractivity contribution in [2.24, 2.45) is 11.3 Å². The van der Waals surface area contributed by atoms with Crippen molar-refractivity contribution in [3.05, 3.63) is 11.8 Å². The highest BCUT2D eigenvalue weighted by molar-refractivity contribution is 6.15. The van der Waals surface area contributed by atoms with Crippen LogP contribution in [0.1, 0.15) is 40.5 Å². The molecular weight excluding hydrogens is 190 g/mol. The molecule has 0 aliphatic carbocycles. The molecule has 0 radical (unpaired) electrons. The van der Waals surface area contributed by atoms with Crippen LogP contribution in [0.15, 0.2) is 11.8 Å². The molecule has 3 heteroatoms. The zero-order chi connectivity index (χ0) is 11.6. The van der Waals surface area contributed by atoms with Gasteiger partial charge in [0.05, 0.1) is 0 Å². The minimum absolute atomic E-state index is 0.0353. The Hall–Kier alpha value is -1.12. The van der Waals surface area contributed by atoms with Crippen molar-refractivity contribution >= 4 is 11.7 Å². The third kappa shape index (κ3) is 2.28. The zero-order valence-electron chi connectivity index (χ0n) is 9.89. The van der Waals surface area contributed by atoms with Crippen LogP contribution in [-0.2, 0) is 9.59 Å². The van der Waals surface area contributed by atoms with Crippen molar-refractivity contribution in [2.45, 2.75) is 40.5 Å². The summed E-state index contributed by atoms with van der Waals surface area (Å²) in [5, 5.41) is 2.65. The molecule has 1 N–H and O–H groups in total. The van der Waals surface area contributed by atoms with E-state index >= 15 is 0 Å². The van der Waals surface area contributed by atoms with Crippen molar-refractivity contribution in [1.82, 2.24) is 5.32 Å². The van der Waals surface area contributed by atoms with Crippen molar-refractivity contribution in [3.63, 3.8) is 0 Å². The van der Waals surface area contributed by atoms with E-state index in [1.807, 2.05) is 0 Å². The molecule has 3 nitrogen and oxygen atoms in total. The molecule has 1 atom stereocenters. The Morgan fingerprint density at radius 1 is 1.40 bits per heavy atom. The van der Waals surface area contributed by atoms with Gasteiger partial charge in [-0.2, -0.15) is 0 Å². The molecule has 1 rings (SSSR count). The van der Waals surface area contributed by atoms with Crippen LogP contribution in [0.2, 0.25) is 0 Å². The highest BCUT2D eigenvalue weighted by Crippen LogP contribution is 2.31. The molecule has 1 amide bonds. The van der Waals surface area contributed by atoms with E-state index in [4.69, 9.17) is 0 Å².